The molecule has 0 fully saturated rings. The average molecular weight is 350 g/mol. The van der Waals surface area contributed by atoms with Crippen molar-refractivity contribution in [1.29, 1.82) is 0 Å². The summed E-state index contributed by atoms with van der Waals surface area (Å²) in [5.41, 5.74) is 10.2. The second kappa shape index (κ2) is 6.46. The fourth-order valence-corrected chi connectivity index (χ4v) is 3.65. The van der Waals surface area contributed by atoms with E-state index in [2.05, 4.69) is 34.3 Å². The number of nitrogens with two attached hydrogens (primary N) is 1. The van der Waals surface area contributed by atoms with E-state index in [4.69, 9.17) is 10.2 Å². The molecule has 0 bridgehead atoms. The van der Waals surface area contributed by atoms with Crippen LogP contribution >= 0.6 is 0 Å². The number of nitrogens with zero attached hydrogens (tertiary/aromatic N) is 3. The van der Waals surface area contributed by atoms with Crippen molar-refractivity contribution in [2.75, 3.05) is 6.54 Å². The monoisotopic (exact) mass is 350 g/mol. The molecule has 3 heterocycles. The second-order valence-corrected chi connectivity index (χ2v) is 6.83. The first-order chi connectivity index (χ1) is 12.5. The summed E-state index contributed by atoms with van der Waals surface area (Å²) in [6, 6.07) is 12.4. The van der Waals surface area contributed by atoms with Crippen molar-refractivity contribution in [3.63, 3.8) is 0 Å². The highest BCUT2D eigenvalue weighted by Gasteiger charge is 2.26. The van der Waals surface area contributed by atoms with Crippen LogP contribution in [0.15, 0.2) is 40.8 Å². The molecule has 0 radical (unpaired) electrons. The molecule has 0 saturated heterocycles. The van der Waals surface area contributed by atoms with Crippen molar-refractivity contribution in [2.45, 2.75) is 26.4 Å². The Morgan fingerprint density at radius 2 is 2.15 bits per heavy atom. The van der Waals surface area contributed by atoms with Crippen LogP contribution in [0.5, 0.6) is 0 Å². The molecule has 2 aromatic heterocycles. The topological polar surface area (TPSA) is 77.3 Å². The van der Waals surface area contributed by atoms with Crippen LogP contribution in [0.2, 0.25) is 0 Å². The molecule has 26 heavy (non-hydrogen) atoms. The molecular formula is C20H22N4O2. The summed E-state index contributed by atoms with van der Waals surface area (Å²) in [5.74, 6) is 1.33. The van der Waals surface area contributed by atoms with Crippen LogP contribution in [0, 0.1) is 6.92 Å². The van der Waals surface area contributed by atoms with Gasteiger partial charge in [-0.2, -0.15) is 5.10 Å². The quantitative estimate of drug-likeness (QED) is 0.785. The molecule has 4 rings (SSSR count). The first kappa shape index (κ1) is 16.6. The first-order valence-electron chi connectivity index (χ1n) is 8.74. The Labute approximate surface area is 152 Å². The Balaban J connectivity index is 1.55. The zero-order valence-electron chi connectivity index (χ0n) is 15.0. The number of aryl methyl sites for hydroxylation is 2. The molecule has 0 unspecified atom stereocenters. The molecule has 134 valence electrons. The predicted molar refractivity (Wildman–Crippen MR) is 98.4 cm³/mol. The van der Waals surface area contributed by atoms with Crippen molar-refractivity contribution in [2.24, 2.45) is 12.8 Å². The van der Waals surface area contributed by atoms with Crippen molar-refractivity contribution in [3.8, 4) is 11.3 Å². The number of aromatic nitrogens is 2. The van der Waals surface area contributed by atoms with Crippen LogP contribution in [0.25, 0.3) is 11.3 Å². The van der Waals surface area contributed by atoms with Crippen LogP contribution in [0.1, 0.15) is 33.1 Å². The van der Waals surface area contributed by atoms with Gasteiger partial charge in [0, 0.05) is 49.9 Å². The summed E-state index contributed by atoms with van der Waals surface area (Å²) >= 11 is 0. The van der Waals surface area contributed by atoms with E-state index >= 15 is 0 Å². The van der Waals surface area contributed by atoms with Gasteiger partial charge in [0.25, 0.3) is 5.91 Å². The van der Waals surface area contributed by atoms with E-state index in [0.717, 1.165) is 47.9 Å². The smallest absolute Gasteiger partial charge is 0.269 e. The van der Waals surface area contributed by atoms with Gasteiger partial charge in [-0.05, 0) is 30.7 Å². The SMILES string of the molecule is Cc1ccc(-c2cccc(CN3CCc4c(c(C(N)=O)nn4C)C3)c2)o1. The van der Waals surface area contributed by atoms with Gasteiger partial charge in [0.05, 0.1) is 0 Å². The number of amides is 1. The fourth-order valence-electron chi connectivity index (χ4n) is 3.65. The third-order valence-corrected chi connectivity index (χ3v) is 4.91. The molecule has 2 N–H and O–H groups in total. The molecule has 1 aromatic carbocycles. The van der Waals surface area contributed by atoms with Crippen molar-refractivity contribution in [1.82, 2.24) is 14.7 Å². The van der Waals surface area contributed by atoms with Gasteiger partial charge in [-0.1, -0.05) is 18.2 Å². The van der Waals surface area contributed by atoms with E-state index in [1.807, 2.05) is 26.1 Å². The number of hydrogen-bond acceptors (Lipinski definition) is 4. The zero-order chi connectivity index (χ0) is 18.3. The molecule has 0 spiro atoms. The number of benzene rings is 1. The highest BCUT2D eigenvalue weighted by molar-refractivity contribution is 5.92. The third kappa shape index (κ3) is 3.04. The maximum absolute atomic E-state index is 11.7. The predicted octanol–water partition coefficient (Wildman–Crippen LogP) is 2.65. The van der Waals surface area contributed by atoms with Gasteiger partial charge in [0.1, 0.15) is 11.5 Å². The van der Waals surface area contributed by atoms with Gasteiger partial charge >= 0.3 is 0 Å². The molecule has 1 aliphatic rings. The van der Waals surface area contributed by atoms with Crippen LogP contribution in [-0.4, -0.2) is 27.1 Å². The van der Waals surface area contributed by atoms with Gasteiger partial charge in [-0.3, -0.25) is 14.4 Å². The van der Waals surface area contributed by atoms with E-state index in [-0.39, 0.29) is 0 Å². The molecular weight excluding hydrogens is 328 g/mol. The number of fused-ring (bicyclic) bond motifs is 1. The highest BCUT2D eigenvalue weighted by atomic mass is 16.3. The van der Waals surface area contributed by atoms with Crippen molar-refractivity contribution < 1.29 is 9.21 Å². The molecule has 0 aliphatic carbocycles. The maximum Gasteiger partial charge on any atom is 0.269 e. The first-order valence-corrected chi connectivity index (χ1v) is 8.74. The number of furan rings is 1. The Morgan fingerprint density at radius 1 is 1.31 bits per heavy atom. The maximum atomic E-state index is 11.7. The molecule has 6 heteroatoms. The Bertz CT molecular complexity index is 970. The lowest BCUT2D eigenvalue weighted by atomic mass is 10.0. The summed E-state index contributed by atoms with van der Waals surface area (Å²) in [4.78, 5) is 14.0. The Hall–Kier alpha value is -2.86. The molecule has 0 saturated carbocycles. The average Bonchev–Trinajstić information content (AvgIpc) is 3.19. The number of carbonyl (C=O) groups is 1. The lowest BCUT2D eigenvalue weighted by molar-refractivity contribution is 0.0992. The van der Waals surface area contributed by atoms with Gasteiger partial charge < -0.3 is 10.2 Å². The molecule has 1 aliphatic heterocycles. The van der Waals surface area contributed by atoms with E-state index in [9.17, 15) is 4.79 Å². The van der Waals surface area contributed by atoms with Gasteiger partial charge in [0.2, 0.25) is 0 Å². The summed E-state index contributed by atoms with van der Waals surface area (Å²) in [5, 5.41) is 4.29. The summed E-state index contributed by atoms with van der Waals surface area (Å²) in [6.45, 7) is 4.36. The van der Waals surface area contributed by atoms with Crippen LogP contribution in [0.3, 0.4) is 0 Å². The van der Waals surface area contributed by atoms with Crippen LogP contribution < -0.4 is 5.73 Å². The van der Waals surface area contributed by atoms with Gasteiger partial charge in [0.15, 0.2) is 5.69 Å². The number of primary amides is 1. The Morgan fingerprint density at radius 3 is 2.88 bits per heavy atom. The van der Waals surface area contributed by atoms with Gasteiger partial charge in [-0.15, -0.1) is 0 Å². The Kier molecular flexibility index (Phi) is 4.12. The minimum Gasteiger partial charge on any atom is -0.461 e. The van der Waals surface area contributed by atoms with E-state index < -0.39 is 5.91 Å². The van der Waals surface area contributed by atoms with Crippen molar-refractivity contribution >= 4 is 5.91 Å². The zero-order valence-corrected chi connectivity index (χ0v) is 15.0. The van der Waals surface area contributed by atoms with Gasteiger partial charge in [-0.25, -0.2) is 0 Å². The van der Waals surface area contributed by atoms with Crippen LogP contribution in [0.4, 0.5) is 0 Å². The lowest BCUT2D eigenvalue weighted by Gasteiger charge is -2.27. The van der Waals surface area contributed by atoms with E-state index in [1.165, 1.54) is 5.56 Å². The summed E-state index contributed by atoms with van der Waals surface area (Å²) < 4.78 is 7.51. The minimum absolute atomic E-state index is 0.395. The molecule has 3 aromatic rings. The standard InChI is InChI=1S/C20H22N4O2/c1-13-6-7-18(26-13)15-5-3-4-14(10-15)11-24-9-8-17-16(12-24)19(20(21)25)22-23(17)2/h3-7,10H,8-9,11-12H2,1-2H3,(H2,21,25). The van der Waals surface area contributed by atoms with E-state index in [1.54, 1.807) is 4.68 Å². The van der Waals surface area contributed by atoms with E-state index in [0.29, 0.717) is 12.2 Å². The number of rotatable bonds is 4. The largest absolute Gasteiger partial charge is 0.461 e. The minimum atomic E-state index is -0.459. The lowest BCUT2D eigenvalue weighted by Crippen LogP contribution is -2.31. The molecule has 1 amide bonds. The normalized spacial score (nSPS) is 14.4. The highest BCUT2D eigenvalue weighted by Crippen LogP contribution is 2.26. The summed E-state index contributed by atoms with van der Waals surface area (Å²) in [7, 11) is 1.87. The fraction of sp³-hybridized carbons (Fsp3) is 0.300. The molecule has 0 atom stereocenters. The second-order valence-electron chi connectivity index (χ2n) is 6.83. The molecule has 6 nitrogen and oxygen atoms in total. The van der Waals surface area contributed by atoms with Crippen LogP contribution in [-0.2, 0) is 26.6 Å². The third-order valence-electron chi connectivity index (χ3n) is 4.91. The van der Waals surface area contributed by atoms with Crippen molar-refractivity contribution in [3.05, 3.63) is 64.7 Å². The number of carbonyl (C=O) groups excluding carboxylic acids is 1. The summed E-state index contributed by atoms with van der Waals surface area (Å²) in [6.07, 6.45) is 0.864. The number of hydrogen-bond donors (Lipinski definition) is 1.